The van der Waals surface area contributed by atoms with E-state index in [0.29, 0.717) is 24.2 Å². The first-order valence-electron chi connectivity index (χ1n) is 6.69. The molecule has 108 valence electrons. The molecule has 5 heteroatoms. The Hall–Kier alpha value is -1.51. The van der Waals surface area contributed by atoms with Crippen LogP contribution in [-0.4, -0.2) is 36.0 Å². The van der Waals surface area contributed by atoms with E-state index < -0.39 is 0 Å². The van der Waals surface area contributed by atoms with Gasteiger partial charge >= 0.3 is 0 Å². The highest BCUT2D eigenvalue weighted by atomic mass is 32.2. The Labute approximate surface area is 124 Å². The summed E-state index contributed by atoms with van der Waals surface area (Å²) in [6.45, 7) is 0.998. The summed E-state index contributed by atoms with van der Waals surface area (Å²) in [6, 6.07) is 1.73. The minimum Gasteiger partial charge on any atom is -0.352 e. The van der Waals surface area contributed by atoms with Crippen molar-refractivity contribution in [2.45, 2.75) is 19.3 Å². The molecule has 1 aromatic heterocycles. The highest BCUT2D eigenvalue weighted by molar-refractivity contribution is 7.98. The van der Waals surface area contributed by atoms with Crippen LogP contribution < -0.4 is 11.1 Å². The van der Waals surface area contributed by atoms with Crippen molar-refractivity contribution in [3.63, 3.8) is 0 Å². The lowest BCUT2D eigenvalue weighted by Crippen LogP contribution is -2.24. The van der Waals surface area contributed by atoms with Gasteiger partial charge in [-0.1, -0.05) is 18.3 Å². The number of carbonyl (C=O) groups excluding carboxylic acids is 1. The number of rotatable bonds is 7. The molecule has 0 radical (unpaired) electrons. The van der Waals surface area contributed by atoms with Gasteiger partial charge in [-0.2, -0.15) is 11.8 Å². The SMILES string of the molecule is CSCCCCCNC(=O)c1cncc(C#CCN)c1. The van der Waals surface area contributed by atoms with Gasteiger partial charge in [-0.05, 0) is 30.9 Å². The summed E-state index contributed by atoms with van der Waals surface area (Å²) >= 11 is 1.85. The number of thioether (sulfide) groups is 1. The van der Waals surface area contributed by atoms with Crippen molar-refractivity contribution in [3.8, 4) is 11.8 Å². The second kappa shape index (κ2) is 10.3. The van der Waals surface area contributed by atoms with Gasteiger partial charge in [0.05, 0.1) is 12.1 Å². The van der Waals surface area contributed by atoms with Crippen molar-refractivity contribution in [2.75, 3.05) is 25.1 Å². The molecule has 0 aliphatic carbocycles. The first-order chi connectivity index (χ1) is 9.77. The van der Waals surface area contributed by atoms with Crippen molar-refractivity contribution in [1.82, 2.24) is 10.3 Å². The Bertz CT molecular complexity index is 479. The van der Waals surface area contributed by atoms with E-state index in [1.807, 2.05) is 11.8 Å². The number of unbranched alkanes of at least 4 members (excludes halogenated alkanes) is 2. The maximum atomic E-state index is 11.9. The zero-order valence-electron chi connectivity index (χ0n) is 11.8. The molecule has 4 nitrogen and oxygen atoms in total. The van der Waals surface area contributed by atoms with Crippen molar-refractivity contribution < 1.29 is 4.79 Å². The number of nitrogens with zero attached hydrogens (tertiary/aromatic N) is 1. The van der Waals surface area contributed by atoms with Crippen LogP contribution in [0.25, 0.3) is 0 Å². The van der Waals surface area contributed by atoms with Crippen molar-refractivity contribution in [3.05, 3.63) is 29.6 Å². The van der Waals surface area contributed by atoms with Gasteiger partial charge in [-0.25, -0.2) is 0 Å². The van der Waals surface area contributed by atoms with E-state index in [0.717, 1.165) is 12.8 Å². The molecule has 0 atom stereocenters. The summed E-state index contributed by atoms with van der Waals surface area (Å²) < 4.78 is 0. The highest BCUT2D eigenvalue weighted by Gasteiger charge is 2.05. The fourth-order valence-electron chi connectivity index (χ4n) is 1.64. The van der Waals surface area contributed by atoms with Gasteiger partial charge in [-0.15, -0.1) is 0 Å². The van der Waals surface area contributed by atoms with Gasteiger partial charge in [0.25, 0.3) is 5.91 Å². The molecule has 0 fully saturated rings. The molecule has 0 bridgehead atoms. The van der Waals surface area contributed by atoms with Crippen LogP contribution in [0.15, 0.2) is 18.5 Å². The third kappa shape index (κ3) is 6.60. The lowest BCUT2D eigenvalue weighted by atomic mass is 10.2. The number of carbonyl (C=O) groups is 1. The molecular weight excluding hydrogens is 270 g/mol. The molecule has 1 amide bonds. The Morgan fingerprint density at radius 3 is 3.00 bits per heavy atom. The quantitative estimate of drug-likeness (QED) is 0.592. The second-order valence-corrected chi connectivity index (χ2v) is 5.26. The molecule has 1 rings (SSSR count). The number of nitrogens with two attached hydrogens (primary N) is 1. The number of amides is 1. The highest BCUT2D eigenvalue weighted by Crippen LogP contribution is 2.03. The van der Waals surface area contributed by atoms with Crippen LogP contribution in [-0.2, 0) is 0 Å². The lowest BCUT2D eigenvalue weighted by Gasteiger charge is -2.05. The van der Waals surface area contributed by atoms with Gasteiger partial charge in [0.15, 0.2) is 0 Å². The normalized spacial score (nSPS) is 9.70. The summed E-state index contributed by atoms with van der Waals surface area (Å²) in [6.07, 6.45) is 8.63. The van der Waals surface area contributed by atoms with Crippen molar-refractivity contribution in [1.29, 1.82) is 0 Å². The summed E-state index contributed by atoms with van der Waals surface area (Å²) in [5, 5.41) is 2.90. The van der Waals surface area contributed by atoms with Gasteiger partial charge in [0.1, 0.15) is 0 Å². The molecule has 0 aliphatic heterocycles. The largest absolute Gasteiger partial charge is 0.352 e. The molecule has 3 N–H and O–H groups in total. The maximum absolute atomic E-state index is 11.9. The molecule has 1 aromatic rings. The third-order valence-electron chi connectivity index (χ3n) is 2.65. The standard InChI is InChI=1S/C15H21N3OS/c1-20-9-4-2-3-8-18-15(19)14-10-13(6-5-7-16)11-17-12-14/h10-12H,2-4,7-9,16H2,1H3,(H,18,19). The topological polar surface area (TPSA) is 68.0 Å². The van der Waals surface area contributed by atoms with E-state index in [1.165, 1.54) is 12.2 Å². The van der Waals surface area contributed by atoms with Crippen LogP contribution in [0, 0.1) is 11.8 Å². The van der Waals surface area contributed by atoms with E-state index in [9.17, 15) is 4.79 Å². The van der Waals surface area contributed by atoms with E-state index in [-0.39, 0.29) is 5.91 Å². The van der Waals surface area contributed by atoms with Gasteiger partial charge < -0.3 is 11.1 Å². The molecule has 1 heterocycles. The molecule has 0 saturated carbocycles. The Morgan fingerprint density at radius 1 is 1.40 bits per heavy atom. The zero-order valence-corrected chi connectivity index (χ0v) is 12.6. The molecule has 0 aliphatic rings. The smallest absolute Gasteiger partial charge is 0.252 e. The third-order valence-corrected chi connectivity index (χ3v) is 3.34. The molecule has 20 heavy (non-hydrogen) atoms. The minimum absolute atomic E-state index is 0.0984. The van der Waals surface area contributed by atoms with Gasteiger partial charge in [0, 0.05) is 24.5 Å². The fourth-order valence-corrected chi connectivity index (χ4v) is 2.13. The van der Waals surface area contributed by atoms with Gasteiger partial charge in [-0.3, -0.25) is 9.78 Å². The number of aromatic nitrogens is 1. The van der Waals surface area contributed by atoms with Crippen LogP contribution >= 0.6 is 11.8 Å². The molecule has 0 aromatic carbocycles. The number of hydrogen-bond donors (Lipinski definition) is 2. The molecule has 0 saturated heterocycles. The maximum Gasteiger partial charge on any atom is 0.252 e. The number of pyridine rings is 1. The van der Waals surface area contributed by atoms with Crippen LogP contribution in [0.5, 0.6) is 0 Å². The average molecular weight is 291 g/mol. The Balaban J connectivity index is 2.39. The van der Waals surface area contributed by atoms with E-state index in [4.69, 9.17) is 5.73 Å². The van der Waals surface area contributed by atoms with Crippen molar-refractivity contribution >= 4 is 17.7 Å². The zero-order chi connectivity index (χ0) is 14.6. The summed E-state index contributed by atoms with van der Waals surface area (Å²) in [5.41, 5.74) is 6.57. The van der Waals surface area contributed by atoms with Crippen LogP contribution in [0.1, 0.15) is 35.2 Å². The van der Waals surface area contributed by atoms with Crippen LogP contribution in [0.3, 0.4) is 0 Å². The first kappa shape index (κ1) is 16.5. The molecule has 0 unspecified atom stereocenters. The molecular formula is C15H21N3OS. The fraction of sp³-hybridized carbons (Fsp3) is 0.467. The Morgan fingerprint density at radius 2 is 2.25 bits per heavy atom. The molecule has 0 spiro atoms. The first-order valence-corrected chi connectivity index (χ1v) is 8.08. The minimum atomic E-state index is -0.0984. The predicted molar refractivity (Wildman–Crippen MR) is 84.7 cm³/mol. The lowest BCUT2D eigenvalue weighted by molar-refractivity contribution is 0.0952. The van der Waals surface area contributed by atoms with E-state index in [2.05, 4.69) is 28.4 Å². The summed E-state index contributed by atoms with van der Waals surface area (Å²) in [4.78, 5) is 16.0. The number of nitrogens with one attached hydrogen (secondary N) is 1. The van der Waals surface area contributed by atoms with E-state index in [1.54, 1.807) is 18.5 Å². The monoisotopic (exact) mass is 291 g/mol. The summed E-state index contributed by atoms with van der Waals surface area (Å²) in [5.74, 6) is 6.70. The van der Waals surface area contributed by atoms with Crippen LogP contribution in [0.4, 0.5) is 0 Å². The Kier molecular flexibility index (Phi) is 8.52. The van der Waals surface area contributed by atoms with Gasteiger partial charge in [0.2, 0.25) is 0 Å². The summed E-state index contributed by atoms with van der Waals surface area (Å²) in [7, 11) is 0. The average Bonchev–Trinajstić information content (AvgIpc) is 2.48. The van der Waals surface area contributed by atoms with Crippen LogP contribution in [0.2, 0.25) is 0 Å². The predicted octanol–water partition coefficient (Wildman–Crippen LogP) is 1.65. The number of hydrogen-bond acceptors (Lipinski definition) is 4. The van der Waals surface area contributed by atoms with E-state index >= 15 is 0 Å². The second-order valence-electron chi connectivity index (χ2n) is 4.28. The van der Waals surface area contributed by atoms with Crippen molar-refractivity contribution in [2.24, 2.45) is 5.73 Å².